The van der Waals surface area contributed by atoms with Gasteiger partial charge in [-0.05, 0) is 54.8 Å². The zero-order chi connectivity index (χ0) is 13.7. The zero-order valence-electron chi connectivity index (χ0n) is 11.3. The van der Waals surface area contributed by atoms with Gasteiger partial charge in [0.25, 0.3) is 0 Å². The molecule has 0 saturated carbocycles. The first kappa shape index (κ1) is 14.0. The van der Waals surface area contributed by atoms with Crippen LogP contribution in [0.5, 0.6) is 0 Å². The Labute approximate surface area is 118 Å². The molecule has 4 heteroatoms. The Hall–Kier alpha value is -1.39. The topological polar surface area (TPSA) is 51.8 Å². The summed E-state index contributed by atoms with van der Waals surface area (Å²) in [5.41, 5.74) is 8.36. The molecule has 3 nitrogen and oxygen atoms in total. The summed E-state index contributed by atoms with van der Waals surface area (Å²) in [6.45, 7) is 4.19. The van der Waals surface area contributed by atoms with E-state index in [0.29, 0.717) is 0 Å². The van der Waals surface area contributed by atoms with Crippen LogP contribution in [-0.4, -0.2) is 16.0 Å². The van der Waals surface area contributed by atoms with Crippen molar-refractivity contribution in [1.29, 1.82) is 0 Å². The van der Waals surface area contributed by atoms with Crippen molar-refractivity contribution in [3.05, 3.63) is 47.8 Å². The van der Waals surface area contributed by atoms with Crippen molar-refractivity contribution in [3.63, 3.8) is 0 Å². The molecule has 2 aromatic rings. The molecule has 0 radical (unpaired) electrons. The molecule has 0 bridgehead atoms. The minimum absolute atomic E-state index is 0.218. The van der Waals surface area contributed by atoms with E-state index in [9.17, 15) is 0 Å². The first-order valence-corrected chi connectivity index (χ1v) is 7.30. The van der Waals surface area contributed by atoms with Gasteiger partial charge in [-0.1, -0.05) is 19.1 Å². The van der Waals surface area contributed by atoms with Crippen molar-refractivity contribution in [2.45, 2.75) is 42.8 Å². The third kappa shape index (κ3) is 4.04. The number of nitrogens with zero attached hydrogens (tertiary/aromatic N) is 2. The lowest BCUT2D eigenvalue weighted by molar-refractivity contribution is 0.644. The van der Waals surface area contributed by atoms with E-state index in [0.717, 1.165) is 22.9 Å². The number of aryl methyl sites for hydroxylation is 1. The van der Waals surface area contributed by atoms with E-state index in [1.54, 1.807) is 18.0 Å². The monoisotopic (exact) mass is 273 g/mol. The lowest BCUT2D eigenvalue weighted by Crippen LogP contribution is -2.21. The van der Waals surface area contributed by atoms with Crippen LogP contribution >= 0.6 is 11.8 Å². The lowest BCUT2D eigenvalue weighted by Gasteiger charge is -2.10. The minimum atomic E-state index is 0.218. The summed E-state index contributed by atoms with van der Waals surface area (Å²) >= 11 is 1.59. The Kier molecular flexibility index (Phi) is 4.93. The average molecular weight is 273 g/mol. The average Bonchev–Trinajstić information content (AvgIpc) is 2.43. The van der Waals surface area contributed by atoms with Gasteiger partial charge in [-0.3, -0.25) is 0 Å². The van der Waals surface area contributed by atoms with E-state index in [4.69, 9.17) is 5.73 Å². The van der Waals surface area contributed by atoms with E-state index in [-0.39, 0.29) is 6.04 Å². The molecule has 0 spiro atoms. The fourth-order valence-electron chi connectivity index (χ4n) is 1.79. The van der Waals surface area contributed by atoms with Crippen molar-refractivity contribution >= 4 is 11.8 Å². The van der Waals surface area contributed by atoms with Gasteiger partial charge in [0.2, 0.25) is 0 Å². The number of hydrogen-bond acceptors (Lipinski definition) is 4. The van der Waals surface area contributed by atoms with Crippen LogP contribution in [-0.2, 0) is 6.42 Å². The van der Waals surface area contributed by atoms with E-state index in [2.05, 4.69) is 29.9 Å². The molecule has 2 heterocycles. The highest BCUT2D eigenvalue weighted by molar-refractivity contribution is 7.99. The smallest absolute Gasteiger partial charge is 0.105 e. The Morgan fingerprint density at radius 3 is 2.79 bits per heavy atom. The van der Waals surface area contributed by atoms with Gasteiger partial charge in [0.15, 0.2) is 0 Å². The van der Waals surface area contributed by atoms with E-state index in [1.165, 1.54) is 11.1 Å². The van der Waals surface area contributed by atoms with Gasteiger partial charge in [-0.25, -0.2) is 9.97 Å². The fourth-order valence-corrected chi connectivity index (χ4v) is 2.58. The van der Waals surface area contributed by atoms with Crippen molar-refractivity contribution in [3.8, 4) is 0 Å². The number of nitrogens with two attached hydrogens (primary N) is 1. The van der Waals surface area contributed by atoms with Gasteiger partial charge >= 0.3 is 0 Å². The van der Waals surface area contributed by atoms with Crippen LogP contribution in [0.1, 0.15) is 24.5 Å². The summed E-state index contributed by atoms with van der Waals surface area (Å²) in [6, 6.07) is 8.29. The number of pyridine rings is 2. The summed E-state index contributed by atoms with van der Waals surface area (Å²) in [5, 5.41) is 1.98. The molecule has 1 atom stereocenters. The largest absolute Gasteiger partial charge is 0.327 e. The maximum absolute atomic E-state index is 5.97. The molecule has 2 rings (SSSR count). The van der Waals surface area contributed by atoms with Crippen LogP contribution < -0.4 is 5.73 Å². The van der Waals surface area contributed by atoms with Gasteiger partial charge in [0, 0.05) is 18.4 Å². The van der Waals surface area contributed by atoms with Gasteiger partial charge in [0.1, 0.15) is 10.1 Å². The maximum Gasteiger partial charge on any atom is 0.105 e. The highest BCUT2D eigenvalue weighted by Gasteiger charge is 2.07. The molecule has 0 aliphatic rings. The van der Waals surface area contributed by atoms with E-state index < -0.39 is 0 Å². The van der Waals surface area contributed by atoms with Crippen LogP contribution in [0.25, 0.3) is 0 Å². The first-order chi connectivity index (χ1) is 9.19. The standard InChI is InChI=1S/C15H19N3S/c1-3-13(16)9-12-8-11(2)15(18-10-12)19-14-6-4-5-7-17-14/h4-8,10,13H,3,9,16H2,1-2H3. The molecule has 0 aliphatic heterocycles. The summed E-state index contributed by atoms with van der Waals surface area (Å²) in [6.07, 6.45) is 5.60. The van der Waals surface area contributed by atoms with Gasteiger partial charge in [-0.2, -0.15) is 0 Å². The van der Waals surface area contributed by atoms with Gasteiger partial charge < -0.3 is 5.73 Å². The minimum Gasteiger partial charge on any atom is -0.327 e. The molecule has 0 aliphatic carbocycles. The quantitative estimate of drug-likeness (QED) is 0.908. The van der Waals surface area contributed by atoms with Crippen molar-refractivity contribution in [2.75, 3.05) is 0 Å². The van der Waals surface area contributed by atoms with Crippen LogP contribution in [0.4, 0.5) is 0 Å². The molecule has 2 aromatic heterocycles. The van der Waals surface area contributed by atoms with Crippen LogP contribution in [0.15, 0.2) is 46.7 Å². The molecule has 1 unspecified atom stereocenters. The van der Waals surface area contributed by atoms with Crippen molar-refractivity contribution in [2.24, 2.45) is 5.73 Å². The second kappa shape index (κ2) is 6.68. The second-order valence-corrected chi connectivity index (χ2v) is 5.62. The van der Waals surface area contributed by atoms with E-state index >= 15 is 0 Å². The Morgan fingerprint density at radius 1 is 1.32 bits per heavy atom. The SMILES string of the molecule is CCC(N)Cc1cnc(Sc2ccccn2)c(C)c1. The molecule has 2 N–H and O–H groups in total. The Balaban J connectivity index is 2.11. The van der Waals surface area contributed by atoms with Crippen LogP contribution in [0, 0.1) is 6.92 Å². The molecule has 100 valence electrons. The fraction of sp³-hybridized carbons (Fsp3) is 0.333. The predicted octanol–water partition coefficient (Wildman–Crippen LogP) is 3.22. The molecule has 0 aromatic carbocycles. The third-order valence-corrected chi connectivity index (χ3v) is 4.02. The normalized spacial score (nSPS) is 12.4. The molecular weight excluding hydrogens is 254 g/mol. The summed E-state index contributed by atoms with van der Waals surface area (Å²) in [5.74, 6) is 0. The molecule has 19 heavy (non-hydrogen) atoms. The van der Waals surface area contributed by atoms with Gasteiger partial charge in [0.05, 0.1) is 0 Å². The van der Waals surface area contributed by atoms with Crippen LogP contribution in [0.3, 0.4) is 0 Å². The summed E-state index contributed by atoms with van der Waals surface area (Å²) in [4.78, 5) is 8.83. The van der Waals surface area contributed by atoms with Crippen LogP contribution in [0.2, 0.25) is 0 Å². The predicted molar refractivity (Wildman–Crippen MR) is 79.3 cm³/mol. The van der Waals surface area contributed by atoms with Crippen molar-refractivity contribution in [1.82, 2.24) is 9.97 Å². The Bertz CT molecular complexity index is 528. The van der Waals surface area contributed by atoms with E-state index in [1.807, 2.05) is 24.4 Å². The Morgan fingerprint density at radius 2 is 2.16 bits per heavy atom. The number of aromatic nitrogens is 2. The molecular formula is C15H19N3S. The molecule has 0 amide bonds. The summed E-state index contributed by atoms with van der Waals surface area (Å²) < 4.78 is 0. The number of rotatable bonds is 5. The van der Waals surface area contributed by atoms with Crippen molar-refractivity contribution < 1.29 is 0 Å². The highest BCUT2D eigenvalue weighted by atomic mass is 32.2. The molecule has 0 fully saturated rings. The zero-order valence-corrected chi connectivity index (χ0v) is 12.2. The third-order valence-electron chi connectivity index (χ3n) is 2.95. The maximum atomic E-state index is 5.97. The highest BCUT2D eigenvalue weighted by Crippen LogP contribution is 2.27. The lowest BCUT2D eigenvalue weighted by atomic mass is 10.1. The molecule has 0 saturated heterocycles. The second-order valence-electron chi connectivity index (χ2n) is 4.61. The van der Waals surface area contributed by atoms with Gasteiger partial charge in [-0.15, -0.1) is 0 Å². The summed E-state index contributed by atoms with van der Waals surface area (Å²) in [7, 11) is 0. The first-order valence-electron chi connectivity index (χ1n) is 6.49. The number of hydrogen-bond donors (Lipinski definition) is 1.